The van der Waals surface area contributed by atoms with Gasteiger partial charge in [0.2, 0.25) is 0 Å². The van der Waals surface area contributed by atoms with Crippen LogP contribution in [0.15, 0.2) is 24.3 Å². The fourth-order valence-electron chi connectivity index (χ4n) is 2.55. The molecular formula is C14H21NO3S. The second kappa shape index (κ2) is 6.03. The summed E-state index contributed by atoms with van der Waals surface area (Å²) in [4.78, 5) is 2.22. The second-order valence-corrected chi connectivity index (χ2v) is 7.32. The Morgan fingerprint density at radius 2 is 1.89 bits per heavy atom. The second-order valence-electron chi connectivity index (χ2n) is 5.09. The van der Waals surface area contributed by atoms with Gasteiger partial charge < -0.3 is 5.11 Å². The number of nitrogens with zero attached hydrogens (tertiary/aromatic N) is 1. The molecule has 0 saturated carbocycles. The van der Waals surface area contributed by atoms with Crippen molar-refractivity contribution in [2.75, 3.05) is 18.1 Å². The number of sulfone groups is 1. The highest BCUT2D eigenvalue weighted by atomic mass is 32.2. The lowest BCUT2D eigenvalue weighted by molar-refractivity contribution is 0.215. The minimum atomic E-state index is -2.83. The first-order chi connectivity index (χ1) is 9.04. The van der Waals surface area contributed by atoms with E-state index in [1.54, 1.807) is 0 Å². The number of hydrogen-bond acceptors (Lipinski definition) is 4. The van der Waals surface area contributed by atoms with E-state index in [0.717, 1.165) is 30.6 Å². The summed E-state index contributed by atoms with van der Waals surface area (Å²) in [5, 5.41) is 9.01. The van der Waals surface area contributed by atoms with Gasteiger partial charge in [-0.2, -0.15) is 0 Å². The van der Waals surface area contributed by atoms with Gasteiger partial charge in [-0.05, 0) is 24.1 Å². The molecule has 0 spiro atoms. The highest BCUT2D eigenvalue weighted by Gasteiger charge is 2.31. The molecule has 0 amide bonds. The fourth-order valence-corrected chi connectivity index (χ4v) is 4.31. The van der Waals surface area contributed by atoms with Crippen LogP contribution in [-0.4, -0.2) is 42.5 Å². The van der Waals surface area contributed by atoms with Crippen molar-refractivity contribution in [1.29, 1.82) is 0 Å². The van der Waals surface area contributed by atoms with Crippen LogP contribution >= 0.6 is 0 Å². The third-order valence-corrected chi connectivity index (χ3v) is 5.47. The van der Waals surface area contributed by atoms with Crippen molar-refractivity contribution in [2.45, 2.75) is 32.5 Å². The average molecular weight is 283 g/mol. The number of aliphatic hydroxyl groups excluding tert-OH is 1. The Bertz CT molecular complexity index is 510. The molecule has 5 heteroatoms. The SMILES string of the molecule is CCN(Cc1ccc(CO)cc1)C1CCS(=O)(=O)C1. The quantitative estimate of drug-likeness (QED) is 0.882. The lowest BCUT2D eigenvalue weighted by Crippen LogP contribution is -2.35. The highest BCUT2D eigenvalue weighted by Crippen LogP contribution is 2.19. The lowest BCUT2D eigenvalue weighted by Gasteiger charge is -2.26. The van der Waals surface area contributed by atoms with Crippen LogP contribution in [0.4, 0.5) is 0 Å². The first-order valence-corrected chi connectivity index (χ1v) is 8.49. The minimum absolute atomic E-state index is 0.0542. The molecule has 1 saturated heterocycles. The van der Waals surface area contributed by atoms with Crippen LogP contribution < -0.4 is 0 Å². The maximum Gasteiger partial charge on any atom is 0.151 e. The van der Waals surface area contributed by atoms with Crippen LogP contribution in [0.1, 0.15) is 24.5 Å². The van der Waals surface area contributed by atoms with Gasteiger partial charge in [-0.1, -0.05) is 31.2 Å². The van der Waals surface area contributed by atoms with Gasteiger partial charge >= 0.3 is 0 Å². The van der Waals surface area contributed by atoms with Gasteiger partial charge in [0, 0.05) is 12.6 Å². The van der Waals surface area contributed by atoms with Crippen LogP contribution in [0.5, 0.6) is 0 Å². The molecule has 1 atom stereocenters. The van der Waals surface area contributed by atoms with E-state index in [0.29, 0.717) is 5.75 Å². The van der Waals surface area contributed by atoms with Crippen LogP contribution in [0.25, 0.3) is 0 Å². The molecule has 1 unspecified atom stereocenters. The third-order valence-electron chi connectivity index (χ3n) is 3.72. The standard InChI is InChI=1S/C14H21NO3S/c1-2-15(14-7-8-19(17,18)11-14)9-12-3-5-13(10-16)6-4-12/h3-6,14,16H,2,7-11H2,1H3. The van der Waals surface area contributed by atoms with E-state index >= 15 is 0 Å². The Morgan fingerprint density at radius 3 is 2.37 bits per heavy atom. The van der Waals surface area contributed by atoms with Crippen LogP contribution in [0.2, 0.25) is 0 Å². The van der Waals surface area contributed by atoms with Crippen LogP contribution in [-0.2, 0) is 23.0 Å². The zero-order chi connectivity index (χ0) is 13.9. The molecule has 4 nitrogen and oxygen atoms in total. The molecule has 1 fully saturated rings. The molecule has 106 valence electrons. The Kier molecular flexibility index (Phi) is 4.60. The third kappa shape index (κ3) is 3.78. The lowest BCUT2D eigenvalue weighted by atomic mass is 10.1. The summed E-state index contributed by atoms with van der Waals surface area (Å²) >= 11 is 0. The summed E-state index contributed by atoms with van der Waals surface area (Å²) in [5.74, 6) is 0.604. The van der Waals surface area contributed by atoms with E-state index in [2.05, 4.69) is 11.8 Å². The van der Waals surface area contributed by atoms with Crippen molar-refractivity contribution in [2.24, 2.45) is 0 Å². The maximum absolute atomic E-state index is 11.5. The van der Waals surface area contributed by atoms with Crippen molar-refractivity contribution in [3.63, 3.8) is 0 Å². The highest BCUT2D eigenvalue weighted by molar-refractivity contribution is 7.91. The number of rotatable bonds is 5. The van der Waals surface area contributed by atoms with Gasteiger partial charge in [0.05, 0.1) is 18.1 Å². The zero-order valence-electron chi connectivity index (χ0n) is 11.2. The van der Waals surface area contributed by atoms with E-state index in [1.165, 1.54) is 0 Å². The fraction of sp³-hybridized carbons (Fsp3) is 0.571. The molecule has 1 aliphatic rings. The summed E-state index contributed by atoms with van der Waals surface area (Å²) in [6, 6.07) is 7.96. The smallest absolute Gasteiger partial charge is 0.151 e. The monoisotopic (exact) mass is 283 g/mol. The number of aliphatic hydroxyl groups is 1. The normalized spacial score (nSPS) is 21.9. The van der Waals surface area contributed by atoms with E-state index in [9.17, 15) is 8.42 Å². The predicted octanol–water partition coefficient (Wildman–Crippen LogP) is 1.19. The first-order valence-electron chi connectivity index (χ1n) is 6.67. The number of benzene rings is 1. The molecule has 2 rings (SSSR count). The summed E-state index contributed by atoms with van der Waals surface area (Å²) in [6.07, 6.45) is 0.741. The summed E-state index contributed by atoms with van der Waals surface area (Å²) < 4.78 is 23.1. The molecule has 19 heavy (non-hydrogen) atoms. The van der Waals surface area contributed by atoms with Crippen LogP contribution in [0, 0.1) is 0 Å². The molecule has 0 bridgehead atoms. The predicted molar refractivity (Wildman–Crippen MR) is 75.5 cm³/mol. The molecule has 1 N–H and O–H groups in total. The zero-order valence-corrected chi connectivity index (χ0v) is 12.1. The summed E-state index contributed by atoms with van der Waals surface area (Å²) in [6.45, 7) is 3.73. The molecule has 0 aliphatic carbocycles. The van der Waals surface area contributed by atoms with E-state index < -0.39 is 9.84 Å². The molecule has 1 aromatic rings. The molecular weight excluding hydrogens is 262 g/mol. The molecule has 0 radical (unpaired) electrons. The molecule has 1 heterocycles. The molecule has 1 aromatic carbocycles. The Hall–Kier alpha value is -0.910. The Balaban J connectivity index is 2.02. The van der Waals surface area contributed by atoms with Crippen molar-refractivity contribution in [3.05, 3.63) is 35.4 Å². The Morgan fingerprint density at radius 1 is 1.26 bits per heavy atom. The van der Waals surface area contributed by atoms with Gasteiger partial charge in [-0.25, -0.2) is 8.42 Å². The first kappa shape index (κ1) is 14.5. The van der Waals surface area contributed by atoms with E-state index in [4.69, 9.17) is 5.11 Å². The molecule has 1 aliphatic heterocycles. The van der Waals surface area contributed by atoms with Gasteiger partial charge in [-0.15, -0.1) is 0 Å². The maximum atomic E-state index is 11.5. The summed E-state index contributed by atoms with van der Waals surface area (Å²) in [7, 11) is -2.83. The summed E-state index contributed by atoms with van der Waals surface area (Å²) in [5.41, 5.74) is 2.05. The van der Waals surface area contributed by atoms with E-state index in [1.807, 2.05) is 24.3 Å². The van der Waals surface area contributed by atoms with Gasteiger partial charge in [-0.3, -0.25) is 4.90 Å². The topological polar surface area (TPSA) is 57.6 Å². The largest absolute Gasteiger partial charge is 0.392 e. The van der Waals surface area contributed by atoms with Crippen molar-refractivity contribution in [1.82, 2.24) is 4.90 Å². The van der Waals surface area contributed by atoms with Crippen LogP contribution in [0.3, 0.4) is 0 Å². The Labute approximate surface area is 115 Å². The van der Waals surface area contributed by atoms with Gasteiger partial charge in [0.25, 0.3) is 0 Å². The van der Waals surface area contributed by atoms with Gasteiger partial charge in [0.15, 0.2) is 9.84 Å². The van der Waals surface area contributed by atoms with E-state index in [-0.39, 0.29) is 18.4 Å². The van der Waals surface area contributed by atoms with Gasteiger partial charge in [0.1, 0.15) is 0 Å². The minimum Gasteiger partial charge on any atom is -0.392 e. The van der Waals surface area contributed by atoms with Crippen molar-refractivity contribution >= 4 is 9.84 Å². The molecule has 0 aromatic heterocycles. The number of hydrogen-bond donors (Lipinski definition) is 1. The van der Waals surface area contributed by atoms with Crippen molar-refractivity contribution in [3.8, 4) is 0 Å². The van der Waals surface area contributed by atoms with Crippen molar-refractivity contribution < 1.29 is 13.5 Å². The average Bonchev–Trinajstić information content (AvgIpc) is 2.77.